The maximum atomic E-state index is 6.85. The van der Waals surface area contributed by atoms with Crippen molar-refractivity contribution in [1.29, 1.82) is 0 Å². The second-order valence-electron chi connectivity index (χ2n) is 11.4. The third-order valence-electron chi connectivity index (χ3n) is 8.43. The van der Waals surface area contributed by atoms with Crippen molar-refractivity contribution in [2.45, 2.75) is 76.5 Å². The quantitative estimate of drug-likeness (QED) is 0.159. The van der Waals surface area contributed by atoms with E-state index in [2.05, 4.69) is 106 Å². The van der Waals surface area contributed by atoms with Gasteiger partial charge >= 0.3 is 0 Å². The molecule has 0 unspecified atom stereocenters. The molecule has 0 aliphatic carbocycles. The van der Waals surface area contributed by atoms with E-state index in [9.17, 15) is 0 Å². The molecule has 5 atom stereocenters. The van der Waals surface area contributed by atoms with Gasteiger partial charge in [0.15, 0.2) is 0 Å². The van der Waals surface area contributed by atoms with Gasteiger partial charge in [-0.2, -0.15) is 0 Å². The van der Waals surface area contributed by atoms with Gasteiger partial charge in [0.25, 0.3) is 0 Å². The van der Waals surface area contributed by atoms with E-state index in [1.807, 2.05) is 30.8 Å². The highest BCUT2D eigenvalue weighted by atomic mass is 35.5. The normalized spacial score (nSPS) is 21.9. The minimum Gasteiger partial charge on any atom is -0.494 e. The van der Waals surface area contributed by atoms with Crippen LogP contribution in [-0.2, 0) is 29.1 Å². The van der Waals surface area contributed by atoms with Crippen LogP contribution in [0.15, 0.2) is 97.1 Å². The van der Waals surface area contributed by atoms with Crippen molar-refractivity contribution in [3.8, 4) is 5.75 Å². The van der Waals surface area contributed by atoms with Crippen LogP contribution in [0.25, 0.3) is 0 Å². The lowest BCUT2D eigenvalue weighted by molar-refractivity contribution is -0.112. The maximum absolute atomic E-state index is 6.85. The molecule has 1 aliphatic heterocycles. The number of rotatable bonds is 12. The van der Waals surface area contributed by atoms with E-state index in [4.69, 9.17) is 25.8 Å². The Morgan fingerprint density at radius 1 is 0.744 bits per heavy atom. The molecule has 5 heteroatoms. The summed E-state index contributed by atoms with van der Waals surface area (Å²) in [6, 6.07) is 33.8. The van der Waals surface area contributed by atoms with E-state index in [1.54, 1.807) is 0 Å². The Labute approximate surface area is 266 Å². The number of hydrogen-bond donors (Lipinski definition) is 0. The van der Waals surface area contributed by atoms with Crippen molar-refractivity contribution in [3.05, 3.63) is 135 Å². The van der Waals surface area contributed by atoms with Crippen LogP contribution >= 0.6 is 23.4 Å². The lowest BCUT2D eigenvalue weighted by atomic mass is 9.89. The molecule has 1 fully saturated rings. The second kappa shape index (κ2) is 15.3. The predicted molar refractivity (Wildman–Crippen MR) is 180 cm³/mol. The first-order valence-corrected chi connectivity index (χ1v) is 16.8. The molecule has 4 aromatic rings. The third kappa shape index (κ3) is 8.05. The van der Waals surface area contributed by atoms with Gasteiger partial charge in [-0.15, -0.1) is 11.8 Å². The van der Waals surface area contributed by atoms with Crippen molar-refractivity contribution in [3.63, 3.8) is 0 Å². The molecule has 1 heterocycles. The summed E-state index contributed by atoms with van der Waals surface area (Å²) < 4.78 is 19.4. The average molecular weight is 615 g/mol. The summed E-state index contributed by atoms with van der Waals surface area (Å²) in [5.41, 5.74) is 7.17. The topological polar surface area (TPSA) is 27.7 Å². The Bertz CT molecular complexity index is 1440. The highest BCUT2D eigenvalue weighted by Crippen LogP contribution is 2.49. The van der Waals surface area contributed by atoms with Crippen LogP contribution in [0, 0.1) is 12.8 Å². The van der Waals surface area contributed by atoms with E-state index >= 15 is 0 Å². The fraction of sp³-hybridized carbons (Fsp3) is 0.368. The summed E-state index contributed by atoms with van der Waals surface area (Å²) in [5.74, 6) is 1.25. The van der Waals surface area contributed by atoms with Gasteiger partial charge in [0.1, 0.15) is 11.9 Å². The van der Waals surface area contributed by atoms with Crippen LogP contribution in [0.1, 0.15) is 65.8 Å². The largest absolute Gasteiger partial charge is 0.494 e. The zero-order valence-electron chi connectivity index (χ0n) is 25.7. The number of hydrogen-bond acceptors (Lipinski definition) is 4. The minimum absolute atomic E-state index is 0.0485. The van der Waals surface area contributed by atoms with Gasteiger partial charge < -0.3 is 14.2 Å². The monoisotopic (exact) mass is 614 g/mol. The van der Waals surface area contributed by atoms with Crippen molar-refractivity contribution in [2.24, 2.45) is 5.92 Å². The number of benzene rings is 4. The van der Waals surface area contributed by atoms with Gasteiger partial charge in [-0.25, -0.2) is 0 Å². The maximum Gasteiger partial charge on any atom is 0.119 e. The van der Waals surface area contributed by atoms with Crippen LogP contribution in [0.4, 0.5) is 0 Å². The van der Waals surface area contributed by atoms with Crippen molar-refractivity contribution in [2.75, 3.05) is 6.61 Å². The average Bonchev–Trinajstić information content (AvgIpc) is 3.03. The summed E-state index contributed by atoms with van der Waals surface area (Å²) in [6.45, 7) is 10.5. The predicted octanol–water partition coefficient (Wildman–Crippen LogP) is 10.0. The fourth-order valence-corrected chi connectivity index (χ4v) is 7.85. The number of halogens is 1. The van der Waals surface area contributed by atoms with Crippen LogP contribution in [-0.4, -0.2) is 24.1 Å². The molecule has 43 heavy (non-hydrogen) atoms. The highest BCUT2D eigenvalue weighted by molar-refractivity contribution is 8.00. The van der Waals surface area contributed by atoms with E-state index in [-0.39, 0.29) is 17.5 Å². The molecule has 4 aromatic carbocycles. The summed E-state index contributed by atoms with van der Waals surface area (Å²) >= 11 is 8.86. The molecule has 0 aromatic heterocycles. The third-order valence-corrected chi connectivity index (χ3v) is 10.7. The Balaban J connectivity index is 1.46. The van der Waals surface area contributed by atoms with Crippen LogP contribution in [0.3, 0.4) is 0 Å². The lowest BCUT2D eigenvalue weighted by Gasteiger charge is -2.45. The van der Waals surface area contributed by atoms with Gasteiger partial charge in [0.05, 0.1) is 31.2 Å². The molecule has 226 valence electrons. The number of aryl methyl sites for hydroxylation is 1. The van der Waals surface area contributed by atoms with Crippen LogP contribution in [0.5, 0.6) is 5.75 Å². The summed E-state index contributed by atoms with van der Waals surface area (Å²) in [6.07, 6.45) is 1.67. The molecule has 5 rings (SSSR count). The Hall–Kier alpha value is -2.76. The Kier molecular flexibility index (Phi) is 11.3. The molecule has 3 nitrogen and oxygen atoms in total. The van der Waals surface area contributed by atoms with Crippen molar-refractivity contribution >= 4 is 23.4 Å². The number of thioether (sulfide) groups is 1. The first-order chi connectivity index (χ1) is 21.0. The molecule has 0 radical (unpaired) electrons. The zero-order valence-corrected chi connectivity index (χ0v) is 27.2. The van der Waals surface area contributed by atoms with E-state index in [0.29, 0.717) is 31.0 Å². The van der Waals surface area contributed by atoms with Gasteiger partial charge in [-0.1, -0.05) is 104 Å². The summed E-state index contributed by atoms with van der Waals surface area (Å²) in [4.78, 5) is 0. The molecule has 0 amide bonds. The van der Waals surface area contributed by atoms with Gasteiger partial charge in [-0.05, 0) is 84.2 Å². The summed E-state index contributed by atoms with van der Waals surface area (Å²) in [5, 5.41) is 1.36. The van der Waals surface area contributed by atoms with Crippen molar-refractivity contribution in [1.82, 2.24) is 0 Å². The SMILES string of the molecule is CCOc1ccc(Cc2cc([C@@H]3S[C@H](CC)[C@@H](C)[C@H](OCc4ccccc4)[C@H]3OCc3ccccc3)ccc2Cl)c(C)c1. The molecule has 0 bridgehead atoms. The lowest BCUT2D eigenvalue weighted by Crippen LogP contribution is -2.48. The fourth-order valence-electron chi connectivity index (χ4n) is 6.01. The van der Waals surface area contributed by atoms with Crippen molar-refractivity contribution < 1.29 is 14.2 Å². The molecule has 0 saturated carbocycles. The first-order valence-electron chi connectivity index (χ1n) is 15.4. The summed E-state index contributed by atoms with van der Waals surface area (Å²) in [7, 11) is 0. The molecule has 1 aliphatic rings. The smallest absolute Gasteiger partial charge is 0.119 e. The Morgan fingerprint density at radius 2 is 1.40 bits per heavy atom. The van der Waals surface area contributed by atoms with E-state index < -0.39 is 0 Å². The first kappa shape index (κ1) is 31.7. The molecule has 0 spiro atoms. The van der Waals surface area contributed by atoms with Gasteiger partial charge in [0.2, 0.25) is 0 Å². The van der Waals surface area contributed by atoms with Crippen LogP contribution in [0.2, 0.25) is 5.02 Å². The minimum atomic E-state index is -0.118. The molecule has 0 N–H and O–H groups in total. The van der Waals surface area contributed by atoms with Gasteiger partial charge in [-0.3, -0.25) is 0 Å². The second-order valence-corrected chi connectivity index (χ2v) is 13.2. The standard InChI is InChI=1S/C38H43ClO3S/c1-5-35-27(4)36(41-24-28-13-9-7-10-14-28)37(42-25-29-15-11-8-12-16-29)38(43-35)31-18-20-34(39)32(23-31)22-30-17-19-33(40-6-2)21-26(30)3/h7-21,23,27,35-38H,5-6,22,24-25H2,1-4H3/t27-,35-,36+,37-,38+/m1/s1. The highest BCUT2D eigenvalue weighted by Gasteiger charge is 2.45. The molecular formula is C38H43ClO3S. The van der Waals surface area contributed by atoms with Gasteiger partial charge in [0, 0.05) is 10.3 Å². The van der Waals surface area contributed by atoms with E-state index in [0.717, 1.165) is 29.2 Å². The molecular weight excluding hydrogens is 572 g/mol. The van der Waals surface area contributed by atoms with E-state index in [1.165, 1.54) is 27.8 Å². The zero-order chi connectivity index (χ0) is 30.2. The Morgan fingerprint density at radius 3 is 2.00 bits per heavy atom. The number of ether oxygens (including phenoxy) is 3. The molecule has 1 saturated heterocycles. The van der Waals surface area contributed by atoms with Crippen LogP contribution < -0.4 is 4.74 Å².